The minimum absolute atomic E-state index is 0.753. The van der Waals surface area contributed by atoms with E-state index in [1.165, 1.54) is 9.77 Å². The summed E-state index contributed by atoms with van der Waals surface area (Å²) in [4.78, 5) is 6.56. The van der Waals surface area contributed by atoms with Crippen LogP contribution < -0.4 is 11.3 Å². The molecule has 0 saturated carbocycles. The molecule has 3 N–H and O–H groups in total. The van der Waals surface area contributed by atoms with Gasteiger partial charge in [-0.15, -0.1) is 23.1 Å². The average Bonchev–Trinajstić information content (AvgIpc) is 2.76. The molecule has 1 aromatic carbocycles. The number of halogens is 1. The lowest BCUT2D eigenvalue weighted by Gasteiger charge is -2.01. The van der Waals surface area contributed by atoms with Crippen LogP contribution in [0.25, 0.3) is 0 Å². The van der Waals surface area contributed by atoms with Gasteiger partial charge in [0.25, 0.3) is 0 Å². The Bertz CT molecular complexity index is 473. The molecule has 0 aliphatic rings. The van der Waals surface area contributed by atoms with Crippen molar-refractivity contribution in [3.63, 3.8) is 0 Å². The van der Waals surface area contributed by atoms with Crippen molar-refractivity contribution >= 4 is 44.2 Å². The SMILES string of the molecule is NNc1ncc(CSc2ccccc2Br)s1. The number of nitrogen functional groups attached to an aromatic ring is 1. The van der Waals surface area contributed by atoms with E-state index in [4.69, 9.17) is 5.84 Å². The van der Waals surface area contributed by atoms with Crippen molar-refractivity contribution in [2.24, 2.45) is 5.84 Å². The van der Waals surface area contributed by atoms with E-state index >= 15 is 0 Å². The fraction of sp³-hybridized carbons (Fsp3) is 0.100. The first kappa shape index (κ1) is 11.9. The minimum Gasteiger partial charge on any atom is -0.300 e. The second-order valence-corrected chi connectivity index (χ2v) is 5.98. The van der Waals surface area contributed by atoms with Crippen LogP contribution in [-0.2, 0) is 5.75 Å². The largest absolute Gasteiger partial charge is 0.300 e. The predicted octanol–water partition coefficient (Wildman–Crippen LogP) is 3.48. The van der Waals surface area contributed by atoms with Crippen molar-refractivity contribution in [1.82, 2.24) is 4.98 Å². The van der Waals surface area contributed by atoms with E-state index in [-0.39, 0.29) is 0 Å². The zero-order valence-electron chi connectivity index (χ0n) is 8.31. The topological polar surface area (TPSA) is 50.9 Å². The number of thioether (sulfide) groups is 1. The van der Waals surface area contributed by atoms with Crippen molar-refractivity contribution in [2.75, 3.05) is 5.43 Å². The summed E-state index contributed by atoms with van der Waals surface area (Å²) in [6.45, 7) is 0. The van der Waals surface area contributed by atoms with E-state index < -0.39 is 0 Å². The number of rotatable bonds is 4. The highest BCUT2D eigenvalue weighted by atomic mass is 79.9. The van der Waals surface area contributed by atoms with E-state index in [0.29, 0.717) is 0 Å². The van der Waals surface area contributed by atoms with Crippen molar-refractivity contribution in [1.29, 1.82) is 0 Å². The first-order valence-corrected chi connectivity index (χ1v) is 7.18. The fourth-order valence-electron chi connectivity index (χ4n) is 1.15. The van der Waals surface area contributed by atoms with Crippen LogP contribution in [-0.4, -0.2) is 4.98 Å². The zero-order chi connectivity index (χ0) is 11.4. The van der Waals surface area contributed by atoms with Crippen LogP contribution in [0.5, 0.6) is 0 Å². The van der Waals surface area contributed by atoms with Crippen LogP contribution in [0.1, 0.15) is 4.88 Å². The van der Waals surface area contributed by atoms with Gasteiger partial charge in [-0.3, -0.25) is 5.43 Å². The molecule has 2 aromatic rings. The van der Waals surface area contributed by atoms with Crippen molar-refractivity contribution < 1.29 is 0 Å². The van der Waals surface area contributed by atoms with Gasteiger partial charge >= 0.3 is 0 Å². The molecule has 16 heavy (non-hydrogen) atoms. The summed E-state index contributed by atoms with van der Waals surface area (Å²) in [5, 5.41) is 0.753. The van der Waals surface area contributed by atoms with Gasteiger partial charge in [0.2, 0.25) is 0 Å². The Morgan fingerprint density at radius 2 is 2.25 bits per heavy atom. The molecule has 84 valence electrons. The summed E-state index contributed by atoms with van der Waals surface area (Å²) in [5.41, 5.74) is 2.55. The van der Waals surface area contributed by atoms with Crippen molar-refractivity contribution in [2.45, 2.75) is 10.6 Å². The smallest absolute Gasteiger partial charge is 0.197 e. The normalized spacial score (nSPS) is 10.4. The maximum absolute atomic E-state index is 5.28. The number of hydrogen-bond donors (Lipinski definition) is 2. The molecule has 0 amide bonds. The average molecular weight is 316 g/mol. The lowest BCUT2D eigenvalue weighted by molar-refractivity contribution is 1.28. The maximum Gasteiger partial charge on any atom is 0.197 e. The molecule has 1 aromatic heterocycles. The third-order valence-corrected chi connectivity index (χ3v) is 5.07. The van der Waals surface area contributed by atoms with Gasteiger partial charge in [0.1, 0.15) is 0 Å². The van der Waals surface area contributed by atoms with E-state index in [9.17, 15) is 0 Å². The lowest BCUT2D eigenvalue weighted by atomic mass is 10.4. The van der Waals surface area contributed by atoms with Crippen LogP contribution in [0, 0.1) is 0 Å². The Labute approximate surface area is 111 Å². The van der Waals surface area contributed by atoms with Crippen molar-refractivity contribution in [3.8, 4) is 0 Å². The Hall–Kier alpha value is -0.560. The number of nitrogens with zero attached hydrogens (tertiary/aromatic N) is 1. The molecular formula is C10H10BrN3S2. The number of thiazole rings is 1. The third kappa shape index (κ3) is 2.98. The number of aromatic nitrogens is 1. The highest BCUT2D eigenvalue weighted by molar-refractivity contribution is 9.10. The maximum atomic E-state index is 5.28. The molecule has 0 saturated heterocycles. The monoisotopic (exact) mass is 315 g/mol. The summed E-state index contributed by atoms with van der Waals surface area (Å²) in [5.74, 6) is 6.18. The number of nitrogens with one attached hydrogen (secondary N) is 1. The number of hydrogen-bond acceptors (Lipinski definition) is 5. The molecule has 3 nitrogen and oxygen atoms in total. The number of anilines is 1. The Morgan fingerprint density at radius 3 is 2.94 bits per heavy atom. The standard InChI is InChI=1S/C10H10BrN3S2/c11-8-3-1-2-4-9(8)15-6-7-5-13-10(14-12)16-7/h1-5H,6,12H2,(H,13,14). The third-order valence-electron chi connectivity index (χ3n) is 1.88. The van der Waals surface area contributed by atoms with Gasteiger partial charge in [0.05, 0.1) is 0 Å². The van der Waals surface area contributed by atoms with E-state index in [0.717, 1.165) is 15.4 Å². The Morgan fingerprint density at radius 1 is 1.44 bits per heavy atom. The van der Waals surface area contributed by atoms with Gasteiger partial charge in [-0.05, 0) is 28.1 Å². The van der Waals surface area contributed by atoms with Gasteiger partial charge < -0.3 is 0 Å². The van der Waals surface area contributed by atoms with Gasteiger partial charge in [-0.2, -0.15) is 0 Å². The van der Waals surface area contributed by atoms with Gasteiger partial charge in [-0.25, -0.2) is 10.8 Å². The molecule has 0 atom stereocenters. The first-order chi connectivity index (χ1) is 7.79. The minimum atomic E-state index is 0.753. The van der Waals surface area contributed by atoms with Gasteiger partial charge in [0.15, 0.2) is 5.13 Å². The molecule has 0 spiro atoms. The molecule has 0 radical (unpaired) electrons. The van der Waals surface area contributed by atoms with E-state index in [2.05, 4.69) is 32.4 Å². The molecule has 2 rings (SSSR count). The molecule has 0 aliphatic heterocycles. The summed E-state index contributed by atoms with van der Waals surface area (Å²) < 4.78 is 1.13. The fourth-order valence-corrected chi connectivity index (χ4v) is 3.46. The number of hydrazine groups is 1. The Balaban J connectivity index is 1.99. The van der Waals surface area contributed by atoms with Crippen LogP contribution >= 0.6 is 39.0 Å². The Kier molecular flexibility index (Phi) is 4.22. The molecule has 0 bridgehead atoms. The quantitative estimate of drug-likeness (QED) is 0.515. The predicted molar refractivity (Wildman–Crippen MR) is 73.6 cm³/mol. The van der Waals surface area contributed by atoms with Crippen molar-refractivity contribution in [3.05, 3.63) is 39.8 Å². The highest BCUT2D eigenvalue weighted by Crippen LogP contribution is 2.31. The molecule has 0 fully saturated rings. The second kappa shape index (κ2) is 5.67. The van der Waals surface area contributed by atoms with Crippen LogP contribution in [0.3, 0.4) is 0 Å². The summed E-state index contributed by atoms with van der Waals surface area (Å²) in [7, 11) is 0. The van der Waals surface area contributed by atoms with Crippen LogP contribution in [0.4, 0.5) is 5.13 Å². The molecule has 0 unspecified atom stereocenters. The summed E-state index contributed by atoms with van der Waals surface area (Å²) in [6, 6.07) is 8.18. The van der Waals surface area contributed by atoms with Crippen LogP contribution in [0.15, 0.2) is 39.8 Å². The molecular weight excluding hydrogens is 306 g/mol. The first-order valence-electron chi connectivity index (χ1n) is 4.58. The molecule has 6 heteroatoms. The number of benzene rings is 1. The van der Waals surface area contributed by atoms with Gasteiger partial charge in [-0.1, -0.05) is 12.1 Å². The molecule has 0 aliphatic carbocycles. The van der Waals surface area contributed by atoms with Crippen LogP contribution in [0.2, 0.25) is 0 Å². The van der Waals surface area contributed by atoms with E-state index in [1.807, 2.05) is 24.4 Å². The van der Waals surface area contributed by atoms with E-state index in [1.54, 1.807) is 23.1 Å². The summed E-state index contributed by atoms with van der Waals surface area (Å²) in [6.07, 6.45) is 1.85. The lowest BCUT2D eigenvalue weighted by Crippen LogP contribution is -2.05. The number of nitrogens with two attached hydrogens (primary N) is 1. The zero-order valence-corrected chi connectivity index (χ0v) is 11.5. The van der Waals surface area contributed by atoms with Gasteiger partial charge in [0, 0.05) is 26.2 Å². The molecule has 1 heterocycles. The highest BCUT2D eigenvalue weighted by Gasteiger charge is 2.03. The second-order valence-electron chi connectivity index (χ2n) is 3.00. The summed E-state index contributed by atoms with van der Waals surface area (Å²) >= 11 is 6.88.